The van der Waals surface area contributed by atoms with Crippen molar-refractivity contribution in [3.8, 4) is 0 Å². The van der Waals surface area contributed by atoms with E-state index in [-0.39, 0.29) is 18.9 Å². The van der Waals surface area contributed by atoms with Gasteiger partial charge in [0, 0.05) is 6.42 Å². The third-order valence-corrected chi connectivity index (χ3v) is 8.76. The third-order valence-electron chi connectivity index (χ3n) is 8.76. The molecule has 1 amide bonds. The second kappa shape index (κ2) is 36.0. The van der Waals surface area contributed by atoms with Gasteiger partial charge < -0.3 is 40.3 Å². The normalized spacial score (nSPS) is 22.4. The Morgan fingerprint density at radius 2 is 1.04 bits per heavy atom. The van der Waals surface area contributed by atoms with Crippen LogP contribution in [0.15, 0.2) is 122 Å². The van der Waals surface area contributed by atoms with Crippen molar-refractivity contribution in [2.24, 2.45) is 0 Å². The highest BCUT2D eigenvalue weighted by Gasteiger charge is 2.44. The van der Waals surface area contributed by atoms with Crippen molar-refractivity contribution < 1.29 is 39.8 Å². The van der Waals surface area contributed by atoms with Crippen molar-refractivity contribution in [2.45, 2.75) is 153 Å². The van der Waals surface area contributed by atoms with E-state index in [9.17, 15) is 30.3 Å². The van der Waals surface area contributed by atoms with Crippen LogP contribution in [-0.2, 0) is 14.3 Å². The molecule has 0 aromatic carbocycles. The molecule has 56 heavy (non-hydrogen) atoms. The average Bonchev–Trinajstić information content (AvgIpc) is 3.20. The lowest BCUT2D eigenvalue weighted by Gasteiger charge is -2.40. The number of nitrogens with one attached hydrogen (secondary N) is 1. The summed E-state index contributed by atoms with van der Waals surface area (Å²) < 4.78 is 11.1. The molecule has 1 rings (SSSR count). The Morgan fingerprint density at radius 1 is 0.607 bits per heavy atom. The standard InChI is InChI=1S/C47H73NO8/c1-3-5-7-9-11-13-15-16-17-18-19-20-21-22-23-24-25-26-27-29-31-33-35-37-43(51)48-40(39-55-47-46(54)45(53)44(52)42(38-49)56-47)41(50)36-34-32-30-28-14-12-10-8-6-4-2/h5-8,11,13-14,16-17,19-20,22-23,25-26,28-29,31,34,36,40-42,44-47,49-50,52-54H,3-4,9-10,12,15,18,21,24,27,30,32-33,35,37-39H2,1-2H3,(H,48,51)/b7-5-,8-6+,13-11-,17-16-,20-19-,23-22-,26-25-,28-14+,31-29-,36-34+. The van der Waals surface area contributed by atoms with E-state index in [1.165, 1.54) is 0 Å². The lowest BCUT2D eigenvalue weighted by molar-refractivity contribution is -0.302. The smallest absolute Gasteiger partial charge is 0.220 e. The van der Waals surface area contributed by atoms with Gasteiger partial charge in [-0.1, -0.05) is 135 Å². The van der Waals surface area contributed by atoms with Gasteiger partial charge >= 0.3 is 0 Å². The summed E-state index contributed by atoms with van der Waals surface area (Å²) in [6, 6.07) is -0.865. The minimum atomic E-state index is -1.59. The first kappa shape index (κ1) is 50.6. The van der Waals surface area contributed by atoms with Gasteiger partial charge in [-0.2, -0.15) is 0 Å². The topological polar surface area (TPSA) is 149 Å². The summed E-state index contributed by atoms with van der Waals surface area (Å²) in [4.78, 5) is 12.9. The first-order valence-corrected chi connectivity index (χ1v) is 20.8. The van der Waals surface area contributed by atoms with Crippen LogP contribution in [-0.4, -0.2) is 87.5 Å². The molecule has 0 radical (unpaired) electrons. The molecule has 0 aromatic heterocycles. The summed E-state index contributed by atoms with van der Waals surface area (Å²) in [7, 11) is 0. The minimum absolute atomic E-state index is 0.239. The van der Waals surface area contributed by atoms with E-state index < -0.39 is 49.5 Å². The van der Waals surface area contributed by atoms with Crippen LogP contribution in [0.3, 0.4) is 0 Å². The lowest BCUT2D eigenvalue weighted by atomic mass is 9.99. The summed E-state index contributed by atoms with van der Waals surface area (Å²) in [5.74, 6) is -0.259. The molecule has 7 atom stereocenters. The molecule has 1 heterocycles. The number of aliphatic hydroxyl groups is 5. The highest BCUT2D eigenvalue weighted by molar-refractivity contribution is 5.76. The molecule has 1 saturated heterocycles. The number of rotatable bonds is 31. The van der Waals surface area contributed by atoms with Crippen molar-refractivity contribution in [2.75, 3.05) is 13.2 Å². The van der Waals surface area contributed by atoms with E-state index in [1.54, 1.807) is 6.08 Å². The third kappa shape index (κ3) is 26.4. The summed E-state index contributed by atoms with van der Waals surface area (Å²) in [6.07, 6.45) is 46.9. The van der Waals surface area contributed by atoms with Crippen LogP contribution < -0.4 is 5.32 Å². The number of unbranched alkanes of at least 4 members (excludes halogenated alkanes) is 3. The number of hydrogen-bond acceptors (Lipinski definition) is 8. The minimum Gasteiger partial charge on any atom is -0.394 e. The van der Waals surface area contributed by atoms with Gasteiger partial charge in [0.15, 0.2) is 6.29 Å². The summed E-state index contributed by atoms with van der Waals surface area (Å²) in [6.45, 7) is 3.43. The van der Waals surface area contributed by atoms with E-state index in [0.717, 1.165) is 77.0 Å². The molecule has 1 aliphatic rings. The first-order valence-electron chi connectivity index (χ1n) is 20.8. The van der Waals surface area contributed by atoms with Crippen LogP contribution in [0.25, 0.3) is 0 Å². The molecule has 0 spiro atoms. The molecule has 0 aliphatic carbocycles. The second-order valence-electron chi connectivity index (χ2n) is 13.6. The quantitative estimate of drug-likeness (QED) is 0.0306. The highest BCUT2D eigenvalue weighted by Crippen LogP contribution is 2.22. The molecule has 0 aromatic rings. The molecular formula is C47H73NO8. The lowest BCUT2D eigenvalue weighted by Crippen LogP contribution is -2.60. The Morgan fingerprint density at radius 3 is 1.54 bits per heavy atom. The zero-order valence-corrected chi connectivity index (χ0v) is 34.1. The number of carbonyl (C=O) groups is 1. The molecule has 1 fully saturated rings. The molecular weight excluding hydrogens is 707 g/mol. The predicted molar refractivity (Wildman–Crippen MR) is 230 cm³/mol. The number of hydrogen-bond donors (Lipinski definition) is 6. The zero-order valence-electron chi connectivity index (χ0n) is 34.1. The molecule has 7 unspecified atom stereocenters. The number of carbonyl (C=O) groups excluding carboxylic acids is 1. The average molecular weight is 780 g/mol. The van der Waals surface area contributed by atoms with Gasteiger partial charge in [0.1, 0.15) is 24.4 Å². The van der Waals surface area contributed by atoms with Gasteiger partial charge in [-0.15, -0.1) is 0 Å². The monoisotopic (exact) mass is 780 g/mol. The van der Waals surface area contributed by atoms with E-state index in [4.69, 9.17) is 9.47 Å². The Hall–Kier alpha value is -3.41. The number of amides is 1. The van der Waals surface area contributed by atoms with Crippen LogP contribution in [0.5, 0.6) is 0 Å². The maximum Gasteiger partial charge on any atom is 0.220 e. The van der Waals surface area contributed by atoms with E-state index in [0.29, 0.717) is 12.8 Å². The zero-order chi connectivity index (χ0) is 40.9. The van der Waals surface area contributed by atoms with E-state index >= 15 is 0 Å². The Kier molecular flexibility index (Phi) is 32.5. The Bertz CT molecular complexity index is 1270. The molecule has 0 bridgehead atoms. The van der Waals surface area contributed by atoms with Gasteiger partial charge in [0.25, 0.3) is 0 Å². The van der Waals surface area contributed by atoms with Crippen LogP contribution in [0.1, 0.15) is 110 Å². The van der Waals surface area contributed by atoms with Gasteiger partial charge in [-0.3, -0.25) is 4.79 Å². The van der Waals surface area contributed by atoms with Crippen LogP contribution in [0, 0.1) is 0 Å². The maximum absolute atomic E-state index is 12.9. The Balaban J connectivity index is 2.44. The number of aliphatic hydroxyl groups excluding tert-OH is 5. The predicted octanol–water partition coefficient (Wildman–Crippen LogP) is 8.10. The first-order chi connectivity index (χ1) is 27.3. The second-order valence-corrected chi connectivity index (χ2v) is 13.6. The van der Waals surface area contributed by atoms with Gasteiger partial charge in [-0.25, -0.2) is 0 Å². The molecule has 6 N–H and O–H groups in total. The molecule has 9 heteroatoms. The van der Waals surface area contributed by atoms with Crippen LogP contribution in [0.2, 0.25) is 0 Å². The fourth-order valence-electron chi connectivity index (χ4n) is 5.47. The summed E-state index contributed by atoms with van der Waals surface area (Å²) in [5, 5.41) is 53.8. The number of allylic oxidation sites excluding steroid dienone is 19. The van der Waals surface area contributed by atoms with Crippen LogP contribution >= 0.6 is 0 Å². The van der Waals surface area contributed by atoms with Crippen molar-refractivity contribution in [1.29, 1.82) is 0 Å². The van der Waals surface area contributed by atoms with Gasteiger partial charge in [0.2, 0.25) is 5.91 Å². The van der Waals surface area contributed by atoms with Crippen molar-refractivity contribution >= 4 is 5.91 Å². The van der Waals surface area contributed by atoms with Crippen molar-refractivity contribution in [3.05, 3.63) is 122 Å². The fourth-order valence-corrected chi connectivity index (χ4v) is 5.47. The molecule has 9 nitrogen and oxygen atoms in total. The largest absolute Gasteiger partial charge is 0.394 e. The SMILES string of the molecule is CC/C=C\C/C=C\C/C=C\C/C=C\C/C=C\C/C=C\C/C=C\CCCC(=O)NC(COC1OC(CO)C(O)C(O)C1O)C(O)/C=C/CC/C=C/CC/C=C/CC. The van der Waals surface area contributed by atoms with E-state index in [2.05, 4.69) is 129 Å². The molecule has 314 valence electrons. The highest BCUT2D eigenvalue weighted by atomic mass is 16.7. The van der Waals surface area contributed by atoms with Crippen LogP contribution in [0.4, 0.5) is 0 Å². The Labute approximate surface area is 338 Å². The summed E-state index contributed by atoms with van der Waals surface area (Å²) >= 11 is 0. The van der Waals surface area contributed by atoms with Gasteiger partial charge in [-0.05, 0) is 89.9 Å². The maximum atomic E-state index is 12.9. The van der Waals surface area contributed by atoms with E-state index in [1.807, 2.05) is 6.08 Å². The van der Waals surface area contributed by atoms with Gasteiger partial charge in [0.05, 0.1) is 25.4 Å². The molecule has 0 saturated carbocycles. The van der Waals surface area contributed by atoms with Crippen molar-refractivity contribution in [1.82, 2.24) is 5.32 Å². The summed E-state index contributed by atoms with van der Waals surface area (Å²) in [5.41, 5.74) is 0. The number of ether oxygens (including phenoxy) is 2. The van der Waals surface area contributed by atoms with Crippen molar-refractivity contribution in [3.63, 3.8) is 0 Å². The molecule has 1 aliphatic heterocycles. The fraction of sp³-hybridized carbons (Fsp3) is 0.553.